The van der Waals surface area contributed by atoms with Gasteiger partial charge in [-0.2, -0.15) is 0 Å². The van der Waals surface area contributed by atoms with E-state index >= 15 is 0 Å². The van der Waals surface area contributed by atoms with Crippen LogP contribution in [0.25, 0.3) is 0 Å². The summed E-state index contributed by atoms with van der Waals surface area (Å²) in [6.07, 6.45) is 6.19. The van der Waals surface area contributed by atoms with Gasteiger partial charge >= 0.3 is 0 Å². The van der Waals surface area contributed by atoms with Crippen LogP contribution in [0.3, 0.4) is 0 Å². The summed E-state index contributed by atoms with van der Waals surface area (Å²) in [5.41, 5.74) is 2.36. The summed E-state index contributed by atoms with van der Waals surface area (Å²) >= 11 is 18.9. The highest BCUT2D eigenvalue weighted by molar-refractivity contribution is 7.92. The zero-order valence-electron chi connectivity index (χ0n) is 24.2. The number of aryl methyl sites for hydroxylation is 1. The zero-order valence-corrected chi connectivity index (χ0v) is 27.3. The molecule has 43 heavy (non-hydrogen) atoms. The maximum Gasteiger partial charge on any atom is 0.244 e. The van der Waals surface area contributed by atoms with Crippen LogP contribution >= 0.6 is 34.8 Å². The smallest absolute Gasteiger partial charge is 0.244 e. The number of anilines is 1. The Morgan fingerprint density at radius 3 is 2.23 bits per heavy atom. The molecule has 11 heteroatoms. The number of halogens is 3. The number of sulfonamides is 1. The van der Waals surface area contributed by atoms with Crippen molar-refractivity contribution in [3.05, 3.63) is 98.5 Å². The fraction of sp³-hybridized carbons (Fsp3) is 0.375. The van der Waals surface area contributed by atoms with Gasteiger partial charge in [-0.3, -0.25) is 13.9 Å². The molecule has 0 spiro atoms. The van der Waals surface area contributed by atoms with Crippen LogP contribution in [0.1, 0.15) is 48.8 Å². The number of amides is 2. The van der Waals surface area contributed by atoms with Gasteiger partial charge in [0, 0.05) is 34.1 Å². The van der Waals surface area contributed by atoms with E-state index in [0.717, 1.165) is 48.2 Å². The molecule has 1 fully saturated rings. The maximum absolute atomic E-state index is 14.3. The first-order valence-corrected chi connectivity index (χ1v) is 17.2. The van der Waals surface area contributed by atoms with Crippen LogP contribution in [0.4, 0.5) is 5.69 Å². The van der Waals surface area contributed by atoms with Crippen molar-refractivity contribution in [1.29, 1.82) is 0 Å². The lowest BCUT2D eigenvalue weighted by Crippen LogP contribution is -2.55. The Hall–Kier alpha value is -2.78. The van der Waals surface area contributed by atoms with Crippen LogP contribution in [0, 0.1) is 6.92 Å². The van der Waals surface area contributed by atoms with E-state index in [9.17, 15) is 18.0 Å². The van der Waals surface area contributed by atoms with Crippen molar-refractivity contribution in [2.75, 3.05) is 17.1 Å². The first-order chi connectivity index (χ1) is 20.4. The van der Waals surface area contributed by atoms with Gasteiger partial charge in [-0.05, 0) is 60.7 Å². The summed E-state index contributed by atoms with van der Waals surface area (Å²) in [5.74, 6) is -0.852. The highest BCUT2D eigenvalue weighted by Crippen LogP contribution is 2.28. The van der Waals surface area contributed by atoms with Gasteiger partial charge in [0.05, 0.1) is 11.9 Å². The van der Waals surface area contributed by atoms with Crippen LogP contribution in [0.5, 0.6) is 0 Å². The Kier molecular flexibility index (Phi) is 11.4. The lowest BCUT2D eigenvalue weighted by Gasteiger charge is -2.35. The average molecular weight is 665 g/mol. The molecule has 3 aromatic rings. The molecule has 3 aromatic carbocycles. The van der Waals surface area contributed by atoms with Gasteiger partial charge in [0.25, 0.3) is 0 Å². The molecule has 0 aliphatic heterocycles. The van der Waals surface area contributed by atoms with Crippen LogP contribution in [0.2, 0.25) is 15.1 Å². The van der Waals surface area contributed by atoms with Crippen LogP contribution in [0.15, 0.2) is 66.7 Å². The fourth-order valence-corrected chi connectivity index (χ4v) is 6.91. The van der Waals surface area contributed by atoms with E-state index in [1.165, 1.54) is 11.0 Å². The van der Waals surface area contributed by atoms with Gasteiger partial charge in [0.2, 0.25) is 21.8 Å². The summed E-state index contributed by atoms with van der Waals surface area (Å²) in [6, 6.07) is 18.3. The van der Waals surface area contributed by atoms with Crippen molar-refractivity contribution in [1.82, 2.24) is 10.2 Å². The second kappa shape index (κ2) is 14.8. The fourth-order valence-electron chi connectivity index (χ4n) is 5.38. The predicted molar refractivity (Wildman–Crippen MR) is 174 cm³/mol. The molecule has 7 nitrogen and oxygen atoms in total. The third-order valence-electron chi connectivity index (χ3n) is 7.70. The van der Waals surface area contributed by atoms with Crippen LogP contribution in [-0.4, -0.2) is 50.0 Å². The molecule has 230 valence electrons. The predicted octanol–water partition coefficient (Wildman–Crippen LogP) is 6.81. The lowest BCUT2D eigenvalue weighted by molar-refractivity contribution is -0.140. The molecule has 1 aliphatic rings. The third-order valence-corrected chi connectivity index (χ3v) is 9.65. The van der Waals surface area contributed by atoms with Crippen LogP contribution < -0.4 is 9.62 Å². The van der Waals surface area contributed by atoms with Gasteiger partial charge in [0.15, 0.2) is 0 Å². The normalized spacial score (nSPS) is 14.6. The topological polar surface area (TPSA) is 86.8 Å². The number of nitrogens with zero attached hydrogens (tertiary/aromatic N) is 2. The Balaban J connectivity index is 1.76. The van der Waals surface area contributed by atoms with E-state index < -0.39 is 28.5 Å². The van der Waals surface area contributed by atoms with Gasteiger partial charge < -0.3 is 10.2 Å². The van der Waals surface area contributed by atoms with Crippen LogP contribution in [-0.2, 0) is 32.6 Å². The zero-order chi connectivity index (χ0) is 31.1. The van der Waals surface area contributed by atoms with Crippen molar-refractivity contribution >= 4 is 62.3 Å². The van der Waals surface area contributed by atoms with Crippen molar-refractivity contribution in [2.45, 2.75) is 64.1 Å². The monoisotopic (exact) mass is 663 g/mol. The van der Waals surface area contributed by atoms with Crippen molar-refractivity contribution in [2.24, 2.45) is 0 Å². The number of hydrogen-bond donors (Lipinski definition) is 1. The number of rotatable bonds is 11. The molecule has 0 radical (unpaired) electrons. The Morgan fingerprint density at radius 2 is 1.58 bits per heavy atom. The Bertz CT molecular complexity index is 1550. The Morgan fingerprint density at radius 1 is 0.930 bits per heavy atom. The molecule has 1 aliphatic carbocycles. The molecule has 0 saturated heterocycles. The van der Waals surface area contributed by atoms with E-state index in [0.29, 0.717) is 31.9 Å². The van der Waals surface area contributed by atoms with E-state index in [-0.39, 0.29) is 24.9 Å². The summed E-state index contributed by atoms with van der Waals surface area (Å²) < 4.78 is 27.1. The second-order valence-electron chi connectivity index (χ2n) is 11.0. The van der Waals surface area contributed by atoms with Gasteiger partial charge in [-0.15, -0.1) is 0 Å². The molecule has 1 atom stereocenters. The summed E-state index contributed by atoms with van der Waals surface area (Å²) in [5, 5.41) is 4.28. The molecule has 0 bridgehead atoms. The SMILES string of the molecule is Cc1ccc(Cl)cc1N(CC(=O)N(Cc1ccc(Cl)cc1Cl)C(Cc1ccccc1)C(=O)NC1CCCCC1)S(C)(=O)=O. The third kappa shape index (κ3) is 9.11. The van der Waals surface area contributed by atoms with E-state index in [1.54, 1.807) is 37.3 Å². The number of carbonyl (C=O) groups excluding carboxylic acids is 2. The molecule has 4 rings (SSSR count). The summed E-state index contributed by atoms with van der Waals surface area (Å²) in [7, 11) is -3.92. The number of carbonyl (C=O) groups is 2. The molecule has 1 unspecified atom stereocenters. The van der Waals surface area contributed by atoms with Crippen molar-refractivity contribution in [3.63, 3.8) is 0 Å². The highest BCUT2D eigenvalue weighted by atomic mass is 35.5. The van der Waals surface area contributed by atoms with Crippen molar-refractivity contribution in [3.8, 4) is 0 Å². The lowest BCUT2D eigenvalue weighted by atomic mass is 9.94. The largest absolute Gasteiger partial charge is 0.352 e. The Labute approximate surface area is 269 Å². The molecule has 1 N–H and O–H groups in total. The quantitative estimate of drug-likeness (QED) is 0.244. The first kappa shape index (κ1) is 33.1. The molecular weight excluding hydrogens is 629 g/mol. The molecular formula is C32H36Cl3N3O4S. The minimum atomic E-state index is -3.92. The van der Waals surface area contributed by atoms with Gasteiger partial charge in [-0.25, -0.2) is 8.42 Å². The maximum atomic E-state index is 14.3. The number of nitrogens with one attached hydrogen (secondary N) is 1. The standard InChI is InChI=1S/C32H36Cl3N3O4S/c1-22-13-15-26(34)19-29(22)38(43(2,41)42)21-31(39)37(20-24-14-16-25(33)18-28(24)35)30(17-23-9-5-3-6-10-23)32(40)36-27-11-7-4-8-12-27/h3,5-6,9-10,13-16,18-19,27,30H,4,7-8,11-12,17,20-21H2,1-2H3,(H,36,40). The number of benzene rings is 3. The van der Waals surface area contributed by atoms with E-state index in [2.05, 4.69) is 5.32 Å². The van der Waals surface area contributed by atoms with Gasteiger partial charge in [-0.1, -0.05) is 96.5 Å². The summed E-state index contributed by atoms with van der Waals surface area (Å²) in [4.78, 5) is 29.8. The van der Waals surface area contributed by atoms with E-state index in [4.69, 9.17) is 34.8 Å². The molecule has 0 heterocycles. The first-order valence-electron chi connectivity index (χ1n) is 14.2. The number of hydrogen-bond acceptors (Lipinski definition) is 4. The van der Waals surface area contributed by atoms with E-state index in [1.807, 2.05) is 30.3 Å². The minimum absolute atomic E-state index is 0.0113. The molecule has 2 amide bonds. The highest BCUT2D eigenvalue weighted by Gasteiger charge is 2.34. The van der Waals surface area contributed by atoms with Gasteiger partial charge in [0.1, 0.15) is 12.6 Å². The van der Waals surface area contributed by atoms with Crippen molar-refractivity contribution < 1.29 is 18.0 Å². The minimum Gasteiger partial charge on any atom is -0.352 e. The average Bonchev–Trinajstić information content (AvgIpc) is 2.96. The second-order valence-corrected chi connectivity index (χ2v) is 14.2. The molecule has 0 aromatic heterocycles. The summed E-state index contributed by atoms with van der Waals surface area (Å²) in [6.45, 7) is 1.18. The molecule has 1 saturated carbocycles.